The van der Waals surface area contributed by atoms with E-state index in [0.29, 0.717) is 0 Å². The van der Waals surface area contributed by atoms with Gasteiger partial charge in [0, 0.05) is 11.9 Å². The van der Waals surface area contributed by atoms with Crippen LogP contribution in [-0.2, 0) is 0 Å². The van der Waals surface area contributed by atoms with Crippen molar-refractivity contribution >= 4 is 41.5 Å². The molecule has 0 heterocycles. The van der Waals surface area contributed by atoms with E-state index in [-0.39, 0.29) is 12.4 Å². The zero-order chi connectivity index (χ0) is 8.27. The van der Waals surface area contributed by atoms with Gasteiger partial charge in [0.15, 0.2) is 0 Å². The average Bonchev–Trinajstić information content (AvgIpc) is 2.05. The summed E-state index contributed by atoms with van der Waals surface area (Å²) in [7, 11) is 1.87. The third-order valence-corrected chi connectivity index (χ3v) is 2.50. The molecule has 0 aliphatic heterocycles. The first kappa shape index (κ1) is 11.9. The summed E-state index contributed by atoms with van der Waals surface area (Å²) in [6, 6.07) is 5.94. The summed E-state index contributed by atoms with van der Waals surface area (Å²) in [4.78, 5) is 1.22. The Balaban J connectivity index is 0.00000121. The normalized spacial score (nSPS) is 8.92. The molecule has 0 atom stereocenters. The van der Waals surface area contributed by atoms with E-state index in [2.05, 4.69) is 5.32 Å². The van der Waals surface area contributed by atoms with Gasteiger partial charge in [-0.2, -0.15) is 0 Å². The summed E-state index contributed by atoms with van der Waals surface area (Å²) in [5.74, 6) is 0. The molecule has 1 aromatic rings. The van der Waals surface area contributed by atoms with Crippen molar-refractivity contribution in [2.24, 2.45) is 0 Å². The maximum atomic E-state index is 5.88. The van der Waals surface area contributed by atoms with Crippen molar-refractivity contribution in [2.45, 2.75) is 4.90 Å². The third kappa shape index (κ3) is 2.77. The van der Waals surface area contributed by atoms with Gasteiger partial charge < -0.3 is 5.32 Å². The second-order valence-electron chi connectivity index (χ2n) is 2.10. The van der Waals surface area contributed by atoms with Gasteiger partial charge in [0.1, 0.15) is 0 Å². The fraction of sp³-hybridized carbons (Fsp3) is 0.250. The lowest BCUT2D eigenvalue weighted by molar-refractivity contribution is 1.42. The number of benzene rings is 1. The molecule has 0 aliphatic rings. The van der Waals surface area contributed by atoms with E-state index in [9.17, 15) is 0 Å². The van der Waals surface area contributed by atoms with Crippen LogP contribution in [0.5, 0.6) is 0 Å². The minimum Gasteiger partial charge on any atom is -0.387 e. The van der Waals surface area contributed by atoms with Gasteiger partial charge in [0.2, 0.25) is 0 Å². The maximum Gasteiger partial charge on any atom is 0.0638 e. The molecule has 0 saturated carbocycles. The van der Waals surface area contributed by atoms with Gasteiger partial charge in [0.05, 0.1) is 10.7 Å². The molecule has 0 unspecified atom stereocenters. The van der Waals surface area contributed by atoms with Crippen molar-refractivity contribution in [2.75, 3.05) is 18.6 Å². The first-order valence-electron chi connectivity index (χ1n) is 3.29. The van der Waals surface area contributed by atoms with Crippen LogP contribution >= 0.6 is 35.8 Å². The van der Waals surface area contributed by atoms with Crippen LogP contribution in [-0.4, -0.2) is 13.3 Å². The van der Waals surface area contributed by atoms with Crippen molar-refractivity contribution in [3.8, 4) is 0 Å². The number of anilines is 1. The zero-order valence-corrected chi connectivity index (χ0v) is 9.32. The average molecular weight is 224 g/mol. The van der Waals surface area contributed by atoms with E-state index in [4.69, 9.17) is 11.6 Å². The van der Waals surface area contributed by atoms with Crippen LogP contribution in [0.2, 0.25) is 5.02 Å². The number of hydrogen-bond acceptors (Lipinski definition) is 2. The molecule has 1 aromatic carbocycles. The van der Waals surface area contributed by atoms with E-state index in [1.54, 1.807) is 11.8 Å². The summed E-state index contributed by atoms with van der Waals surface area (Å²) in [5.41, 5.74) is 0.985. The molecule has 68 valence electrons. The van der Waals surface area contributed by atoms with Crippen LogP contribution in [0.25, 0.3) is 0 Å². The molecular weight excluding hydrogens is 213 g/mol. The smallest absolute Gasteiger partial charge is 0.0638 e. The monoisotopic (exact) mass is 223 g/mol. The lowest BCUT2D eigenvalue weighted by Gasteiger charge is -2.04. The molecular formula is C8H11Cl2NS. The van der Waals surface area contributed by atoms with E-state index in [1.165, 1.54) is 4.90 Å². The first-order valence-corrected chi connectivity index (χ1v) is 4.89. The summed E-state index contributed by atoms with van der Waals surface area (Å²) in [6.45, 7) is 0. The number of rotatable bonds is 2. The molecule has 0 saturated heterocycles. The predicted molar refractivity (Wildman–Crippen MR) is 60.0 cm³/mol. The van der Waals surface area contributed by atoms with Crippen molar-refractivity contribution in [3.05, 3.63) is 23.2 Å². The Morgan fingerprint density at radius 3 is 2.58 bits per heavy atom. The Morgan fingerprint density at radius 2 is 2.08 bits per heavy atom. The summed E-state index contributed by atoms with van der Waals surface area (Å²) >= 11 is 7.59. The molecule has 0 amide bonds. The van der Waals surface area contributed by atoms with Crippen molar-refractivity contribution < 1.29 is 0 Å². The predicted octanol–water partition coefficient (Wildman–Crippen LogP) is 3.53. The first-order chi connectivity index (χ1) is 5.27. The summed E-state index contributed by atoms with van der Waals surface area (Å²) < 4.78 is 0. The Morgan fingerprint density at radius 1 is 1.42 bits per heavy atom. The fourth-order valence-corrected chi connectivity index (χ4v) is 1.47. The molecule has 0 spiro atoms. The second-order valence-corrected chi connectivity index (χ2v) is 3.38. The molecule has 0 bridgehead atoms. The standard InChI is InChI=1S/C8H10ClNS.ClH/c1-10-8-5-6(11-2)3-4-7(8)9;/h3-5,10H,1-2H3;1H. The van der Waals surface area contributed by atoms with Crippen LogP contribution in [0.1, 0.15) is 0 Å². The lowest BCUT2D eigenvalue weighted by Crippen LogP contribution is -1.88. The molecule has 12 heavy (non-hydrogen) atoms. The zero-order valence-electron chi connectivity index (χ0n) is 6.93. The van der Waals surface area contributed by atoms with Gasteiger partial charge in [-0.25, -0.2) is 0 Å². The maximum absolute atomic E-state index is 5.88. The molecule has 4 heteroatoms. The highest BCUT2D eigenvalue weighted by molar-refractivity contribution is 7.98. The van der Waals surface area contributed by atoms with Gasteiger partial charge in [-0.15, -0.1) is 24.2 Å². The van der Waals surface area contributed by atoms with Crippen LogP contribution in [0.4, 0.5) is 5.69 Å². The van der Waals surface area contributed by atoms with E-state index < -0.39 is 0 Å². The van der Waals surface area contributed by atoms with Crippen LogP contribution in [0, 0.1) is 0 Å². The molecule has 0 radical (unpaired) electrons. The Hall–Kier alpha value is -0.0500. The van der Waals surface area contributed by atoms with Gasteiger partial charge in [0.25, 0.3) is 0 Å². The highest BCUT2D eigenvalue weighted by atomic mass is 35.5. The Labute approximate surface area is 88.3 Å². The lowest BCUT2D eigenvalue weighted by atomic mass is 10.3. The fourth-order valence-electron chi connectivity index (χ4n) is 0.823. The van der Waals surface area contributed by atoms with Gasteiger partial charge in [-0.3, -0.25) is 0 Å². The number of thioether (sulfide) groups is 1. The number of hydrogen-bond donors (Lipinski definition) is 1. The Bertz CT molecular complexity index is 253. The molecule has 1 nitrogen and oxygen atoms in total. The van der Waals surface area contributed by atoms with Gasteiger partial charge >= 0.3 is 0 Å². The number of halogens is 2. The molecule has 0 aliphatic carbocycles. The summed E-state index contributed by atoms with van der Waals surface area (Å²) in [6.07, 6.45) is 2.04. The topological polar surface area (TPSA) is 12.0 Å². The highest BCUT2D eigenvalue weighted by Gasteiger charge is 1.97. The Kier molecular flexibility index (Phi) is 5.55. The minimum absolute atomic E-state index is 0. The van der Waals surface area contributed by atoms with Gasteiger partial charge in [-0.1, -0.05) is 11.6 Å². The highest BCUT2D eigenvalue weighted by Crippen LogP contribution is 2.26. The van der Waals surface area contributed by atoms with Crippen LogP contribution in [0.15, 0.2) is 23.1 Å². The third-order valence-electron chi connectivity index (χ3n) is 1.44. The van der Waals surface area contributed by atoms with Crippen LogP contribution in [0.3, 0.4) is 0 Å². The van der Waals surface area contributed by atoms with Crippen molar-refractivity contribution in [1.82, 2.24) is 0 Å². The second kappa shape index (κ2) is 5.57. The van der Waals surface area contributed by atoms with E-state index in [1.807, 2.05) is 31.5 Å². The largest absolute Gasteiger partial charge is 0.387 e. The summed E-state index contributed by atoms with van der Waals surface area (Å²) in [5, 5.41) is 3.79. The van der Waals surface area contributed by atoms with Gasteiger partial charge in [-0.05, 0) is 24.5 Å². The molecule has 0 fully saturated rings. The molecule has 0 aromatic heterocycles. The molecule has 1 N–H and O–H groups in total. The molecule has 1 rings (SSSR count). The van der Waals surface area contributed by atoms with E-state index >= 15 is 0 Å². The SMILES string of the molecule is CNc1cc(SC)ccc1Cl.Cl. The number of nitrogens with one attached hydrogen (secondary N) is 1. The van der Waals surface area contributed by atoms with Crippen molar-refractivity contribution in [3.63, 3.8) is 0 Å². The quantitative estimate of drug-likeness (QED) is 0.771. The van der Waals surface area contributed by atoms with Crippen molar-refractivity contribution in [1.29, 1.82) is 0 Å². The van der Waals surface area contributed by atoms with E-state index in [0.717, 1.165) is 10.7 Å². The minimum atomic E-state index is 0. The van der Waals surface area contributed by atoms with Crippen LogP contribution < -0.4 is 5.32 Å².